The summed E-state index contributed by atoms with van der Waals surface area (Å²) in [6.07, 6.45) is -0.152. The van der Waals surface area contributed by atoms with E-state index in [1.165, 1.54) is 17.4 Å². The van der Waals surface area contributed by atoms with E-state index in [0.717, 1.165) is 0 Å². The van der Waals surface area contributed by atoms with Gasteiger partial charge in [0.2, 0.25) is 0 Å². The third kappa shape index (κ3) is 6.53. The molecule has 1 aromatic carbocycles. The van der Waals surface area contributed by atoms with E-state index in [4.69, 9.17) is 5.26 Å². The Labute approximate surface area is 181 Å². The Morgan fingerprint density at radius 3 is 2.38 bits per heavy atom. The molecule has 29 heavy (non-hydrogen) atoms. The second-order valence-electron chi connectivity index (χ2n) is 6.97. The Hall–Kier alpha value is -2.47. The molecule has 7 nitrogen and oxygen atoms in total. The molecule has 156 valence electrons. The number of nitrogens with zero attached hydrogens (tertiary/aromatic N) is 3. The second-order valence-corrected chi connectivity index (χ2v) is 7.83. The van der Waals surface area contributed by atoms with Crippen LogP contribution in [0.2, 0.25) is 0 Å². The van der Waals surface area contributed by atoms with Crippen LogP contribution in [0.15, 0.2) is 29.6 Å². The predicted molar refractivity (Wildman–Crippen MR) is 118 cm³/mol. The summed E-state index contributed by atoms with van der Waals surface area (Å²) in [5.74, 6) is -0.667. The number of anilines is 1. The van der Waals surface area contributed by atoms with Crippen molar-refractivity contribution in [3.05, 3.63) is 46.5 Å². The molecule has 0 aliphatic rings. The molecule has 1 atom stereocenters. The molecule has 0 bridgehead atoms. The van der Waals surface area contributed by atoms with Crippen LogP contribution in [0.25, 0.3) is 0 Å². The number of nitrogens with one attached hydrogen (secondary N) is 2. The molecule has 2 rings (SSSR count). The molecule has 2 amide bonds. The Balaban J connectivity index is 0.00000420. The number of nitriles is 1. The first-order chi connectivity index (χ1) is 13.2. The number of carbonyl (C=O) groups is 2. The van der Waals surface area contributed by atoms with E-state index in [1.807, 2.05) is 13.0 Å². The number of hydrogen-bond donors (Lipinski definition) is 2. The number of benzene rings is 1. The van der Waals surface area contributed by atoms with Gasteiger partial charge in [-0.1, -0.05) is 6.07 Å². The van der Waals surface area contributed by atoms with Gasteiger partial charge < -0.3 is 5.32 Å². The molecule has 1 unspecified atom stereocenters. The maximum atomic E-state index is 12.5. The first-order valence-electron chi connectivity index (χ1n) is 9.08. The number of aromatic nitrogens is 1. The lowest BCUT2D eigenvalue weighted by molar-refractivity contribution is 0.0732. The zero-order valence-electron chi connectivity index (χ0n) is 17.1. The Morgan fingerprint density at radius 1 is 1.14 bits per heavy atom. The van der Waals surface area contributed by atoms with Crippen molar-refractivity contribution in [2.24, 2.45) is 0 Å². The molecule has 0 fully saturated rings. The quantitative estimate of drug-likeness (QED) is 0.643. The van der Waals surface area contributed by atoms with Crippen LogP contribution in [0, 0.1) is 11.3 Å². The standard InChI is InChI=1S/C20H25N5O2S.ClH/c1-12(2)25(13(3)4)14(5)22-19(27)17-11-28-20(23-17)24-18(26)16-8-6-7-15(9-16)10-21;/h6-9,11-14H,1-5H3,(H,22,27)(H,23,24,26);1H. The van der Waals surface area contributed by atoms with Crippen molar-refractivity contribution in [3.63, 3.8) is 0 Å². The van der Waals surface area contributed by atoms with Crippen LogP contribution in [-0.4, -0.2) is 39.9 Å². The summed E-state index contributed by atoms with van der Waals surface area (Å²) in [7, 11) is 0. The fourth-order valence-corrected chi connectivity index (χ4v) is 3.85. The van der Waals surface area contributed by atoms with Crippen molar-refractivity contribution in [2.45, 2.75) is 52.9 Å². The largest absolute Gasteiger partial charge is 0.335 e. The first-order valence-corrected chi connectivity index (χ1v) is 9.96. The fraction of sp³-hybridized carbons (Fsp3) is 0.400. The highest BCUT2D eigenvalue weighted by Gasteiger charge is 2.23. The molecule has 0 aliphatic carbocycles. The molecular formula is C20H26ClN5O2S. The van der Waals surface area contributed by atoms with E-state index in [9.17, 15) is 9.59 Å². The number of thiazole rings is 1. The molecular weight excluding hydrogens is 410 g/mol. The van der Waals surface area contributed by atoms with Gasteiger partial charge >= 0.3 is 0 Å². The van der Waals surface area contributed by atoms with Crippen molar-refractivity contribution in [1.29, 1.82) is 5.26 Å². The van der Waals surface area contributed by atoms with Gasteiger partial charge in [-0.25, -0.2) is 4.98 Å². The van der Waals surface area contributed by atoms with Crippen LogP contribution in [-0.2, 0) is 0 Å². The van der Waals surface area contributed by atoms with Crippen LogP contribution >= 0.6 is 23.7 Å². The third-order valence-corrected chi connectivity index (χ3v) is 4.95. The summed E-state index contributed by atoms with van der Waals surface area (Å²) < 4.78 is 0. The molecule has 2 N–H and O–H groups in total. The van der Waals surface area contributed by atoms with Crippen molar-refractivity contribution in [2.75, 3.05) is 5.32 Å². The maximum absolute atomic E-state index is 12.5. The van der Waals surface area contributed by atoms with E-state index in [-0.39, 0.29) is 48.2 Å². The van der Waals surface area contributed by atoms with Gasteiger partial charge in [-0.3, -0.25) is 19.8 Å². The highest BCUT2D eigenvalue weighted by Crippen LogP contribution is 2.17. The van der Waals surface area contributed by atoms with E-state index in [0.29, 0.717) is 16.3 Å². The lowest BCUT2D eigenvalue weighted by atomic mass is 10.1. The van der Waals surface area contributed by atoms with E-state index >= 15 is 0 Å². The molecule has 2 aromatic rings. The topological polar surface area (TPSA) is 98.1 Å². The highest BCUT2D eigenvalue weighted by molar-refractivity contribution is 7.14. The molecule has 9 heteroatoms. The van der Waals surface area contributed by atoms with Crippen LogP contribution in [0.4, 0.5) is 5.13 Å². The lowest BCUT2D eigenvalue weighted by Gasteiger charge is -2.36. The minimum Gasteiger partial charge on any atom is -0.335 e. The summed E-state index contributed by atoms with van der Waals surface area (Å²) in [4.78, 5) is 31.2. The van der Waals surface area contributed by atoms with Gasteiger partial charge in [-0.05, 0) is 52.8 Å². The molecule has 1 aromatic heterocycles. The summed E-state index contributed by atoms with van der Waals surface area (Å²) in [5.41, 5.74) is 1.02. The summed E-state index contributed by atoms with van der Waals surface area (Å²) in [6.45, 7) is 10.3. The van der Waals surface area contributed by atoms with Gasteiger partial charge in [-0.2, -0.15) is 5.26 Å². The fourth-order valence-electron chi connectivity index (χ4n) is 3.16. The number of rotatable bonds is 7. The molecule has 0 saturated carbocycles. The molecule has 0 radical (unpaired) electrons. The third-order valence-electron chi connectivity index (χ3n) is 4.19. The maximum Gasteiger partial charge on any atom is 0.272 e. The van der Waals surface area contributed by atoms with E-state index < -0.39 is 0 Å². The van der Waals surface area contributed by atoms with Crippen molar-refractivity contribution in [1.82, 2.24) is 15.2 Å². The number of carbonyl (C=O) groups excluding carboxylic acids is 2. The van der Waals surface area contributed by atoms with Crippen LogP contribution in [0.3, 0.4) is 0 Å². The predicted octanol–water partition coefficient (Wildman–Crippen LogP) is 3.88. The SMILES string of the molecule is CC(C)N(C(C)C)C(C)NC(=O)c1csc(NC(=O)c2cccc(C#N)c2)n1.Cl. The van der Waals surface area contributed by atoms with Crippen LogP contribution in [0.1, 0.15) is 61.0 Å². The molecule has 1 heterocycles. The number of hydrogen-bond acceptors (Lipinski definition) is 6. The highest BCUT2D eigenvalue weighted by atomic mass is 35.5. The second kappa shape index (κ2) is 10.9. The average Bonchev–Trinajstić information content (AvgIpc) is 3.09. The average molecular weight is 436 g/mol. The van der Waals surface area contributed by atoms with Gasteiger partial charge in [0.05, 0.1) is 17.8 Å². The number of halogens is 1. The van der Waals surface area contributed by atoms with E-state index in [2.05, 4.69) is 48.2 Å². The Kier molecular flexibility index (Phi) is 9.24. The van der Waals surface area contributed by atoms with Gasteiger partial charge in [-0.15, -0.1) is 23.7 Å². The zero-order valence-corrected chi connectivity index (χ0v) is 18.7. The van der Waals surface area contributed by atoms with Gasteiger partial charge in [0, 0.05) is 23.0 Å². The Morgan fingerprint density at radius 2 is 1.79 bits per heavy atom. The van der Waals surface area contributed by atoms with Gasteiger partial charge in [0.1, 0.15) is 5.69 Å². The lowest BCUT2D eigenvalue weighted by Crippen LogP contribution is -2.52. The molecule has 0 spiro atoms. The van der Waals surface area contributed by atoms with Gasteiger partial charge in [0.15, 0.2) is 5.13 Å². The smallest absolute Gasteiger partial charge is 0.272 e. The number of amides is 2. The van der Waals surface area contributed by atoms with Crippen molar-refractivity contribution >= 4 is 40.7 Å². The first kappa shape index (κ1) is 24.6. The minimum absolute atomic E-state index is 0. The minimum atomic E-state index is -0.377. The molecule has 0 saturated heterocycles. The normalized spacial score (nSPS) is 11.7. The van der Waals surface area contributed by atoms with E-state index in [1.54, 1.807) is 23.6 Å². The van der Waals surface area contributed by atoms with Gasteiger partial charge in [0.25, 0.3) is 11.8 Å². The molecule has 0 aliphatic heterocycles. The summed E-state index contributed by atoms with van der Waals surface area (Å²) >= 11 is 1.18. The summed E-state index contributed by atoms with van der Waals surface area (Å²) in [6, 6.07) is 8.95. The Bertz CT molecular complexity index is 883. The van der Waals surface area contributed by atoms with Crippen LogP contribution < -0.4 is 10.6 Å². The monoisotopic (exact) mass is 435 g/mol. The van der Waals surface area contributed by atoms with Crippen molar-refractivity contribution < 1.29 is 9.59 Å². The zero-order chi connectivity index (χ0) is 20.8. The summed E-state index contributed by atoms with van der Waals surface area (Å²) in [5, 5.41) is 16.5. The van der Waals surface area contributed by atoms with Crippen molar-refractivity contribution in [3.8, 4) is 6.07 Å². The van der Waals surface area contributed by atoms with Crippen LogP contribution in [0.5, 0.6) is 0 Å².